The smallest absolute Gasteiger partial charge is 0.254 e. The van der Waals surface area contributed by atoms with Crippen molar-refractivity contribution in [3.63, 3.8) is 0 Å². The van der Waals surface area contributed by atoms with E-state index in [1.165, 1.54) is 0 Å². The van der Waals surface area contributed by atoms with Gasteiger partial charge in [0.05, 0.1) is 25.2 Å². The molecule has 2 aromatic rings. The number of rotatable bonds is 5. The highest BCUT2D eigenvalue weighted by Crippen LogP contribution is 2.65. The van der Waals surface area contributed by atoms with Crippen LogP contribution in [0.25, 0.3) is 0 Å². The number of ether oxygens (including phenoxy) is 1. The van der Waals surface area contributed by atoms with Crippen molar-refractivity contribution in [3.05, 3.63) is 71.8 Å². The SMILES string of the molecule is O=C1[C@@H]2[C@H]3C=C[C@@H]([C@@H]4C[C@H]34)[C@H]2C(=O)N1N=Cc1cc(I)c(OCc2ccc(Cl)cc2)c(I)c1. The highest BCUT2D eigenvalue weighted by molar-refractivity contribution is 14.1. The third-order valence-electron chi connectivity index (χ3n) is 7.28. The summed E-state index contributed by atoms with van der Waals surface area (Å²) in [5, 5.41) is 6.17. The van der Waals surface area contributed by atoms with Crippen molar-refractivity contribution in [1.29, 1.82) is 0 Å². The van der Waals surface area contributed by atoms with Crippen LogP contribution in [0, 0.1) is 42.6 Å². The maximum Gasteiger partial charge on any atom is 0.254 e. The maximum atomic E-state index is 13.1. The van der Waals surface area contributed by atoms with Crippen LogP contribution in [0.2, 0.25) is 5.02 Å². The number of nitrogens with zero attached hydrogens (tertiary/aromatic N) is 2. The minimum atomic E-state index is -0.225. The lowest BCUT2D eigenvalue weighted by atomic mass is 9.63. The molecule has 2 bridgehead atoms. The average molecular weight is 685 g/mol. The molecule has 8 heteroatoms. The molecule has 1 saturated heterocycles. The second-order valence-corrected chi connectivity index (χ2v) is 11.9. The van der Waals surface area contributed by atoms with Gasteiger partial charge in [0.1, 0.15) is 12.4 Å². The number of amides is 2. The number of benzene rings is 2. The van der Waals surface area contributed by atoms with E-state index in [1.54, 1.807) is 6.21 Å². The number of imide groups is 1. The molecule has 3 fully saturated rings. The first-order chi connectivity index (χ1) is 15.9. The monoisotopic (exact) mass is 684 g/mol. The lowest BCUT2D eigenvalue weighted by Gasteiger charge is -2.37. The molecule has 0 radical (unpaired) electrons. The van der Waals surface area contributed by atoms with Gasteiger partial charge in [0, 0.05) is 5.02 Å². The molecule has 0 unspecified atom stereocenters. The van der Waals surface area contributed by atoms with E-state index >= 15 is 0 Å². The Morgan fingerprint density at radius 2 is 1.58 bits per heavy atom. The molecular weight excluding hydrogens is 666 g/mol. The van der Waals surface area contributed by atoms with E-state index in [-0.39, 0.29) is 35.5 Å². The van der Waals surface area contributed by atoms with Gasteiger partial charge in [0.2, 0.25) is 0 Å². The largest absolute Gasteiger partial charge is 0.487 e. The number of hydrogen-bond acceptors (Lipinski definition) is 4. The Balaban J connectivity index is 1.18. The summed E-state index contributed by atoms with van der Waals surface area (Å²) in [6.07, 6.45) is 7.11. The van der Waals surface area contributed by atoms with Crippen LogP contribution in [0.15, 0.2) is 53.7 Å². The van der Waals surface area contributed by atoms with Gasteiger partial charge in [-0.05, 0) is 111 Å². The zero-order valence-electron chi connectivity index (χ0n) is 17.3. The molecule has 5 nitrogen and oxygen atoms in total. The molecule has 0 spiro atoms. The van der Waals surface area contributed by atoms with Gasteiger partial charge >= 0.3 is 0 Å². The van der Waals surface area contributed by atoms with Crippen LogP contribution in [-0.2, 0) is 16.2 Å². The van der Waals surface area contributed by atoms with E-state index in [0.717, 1.165) is 35.4 Å². The number of carbonyl (C=O) groups excluding carboxylic acids is 2. The summed E-state index contributed by atoms with van der Waals surface area (Å²) in [5.41, 5.74) is 1.85. The summed E-state index contributed by atoms with van der Waals surface area (Å²) >= 11 is 10.4. The van der Waals surface area contributed by atoms with E-state index < -0.39 is 0 Å². The van der Waals surface area contributed by atoms with Gasteiger partial charge in [0.25, 0.3) is 11.8 Å². The molecule has 2 aromatic carbocycles. The molecule has 2 amide bonds. The van der Waals surface area contributed by atoms with Crippen LogP contribution >= 0.6 is 56.8 Å². The average Bonchev–Trinajstić information content (AvgIpc) is 3.57. The second kappa shape index (κ2) is 8.34. The predicted molar refractivity (Wildman–Crippen MR) is 142 cm³/mol. The molecule has 7 rings (SSSR count). The van der Waals surface area contributed by atoms with Gasteiger partial charge < -0.3 is 4.74 Å². The number of hydrazone groups is 1. The van der Waals surface area contributed by atoms with Crippen molar-refractivity contribution in [2.75, 3.05) is 0 Å². The minimum Gasteiger partial charge on any atom is -0.487 e. The van der Waals surface area contributed by atoms with Gasteiger partial charge in [0.15, 0.2) is 0 Å². The molecule has 0 N–H and O–H groups in total. The number of halogens is 3. The van der Waals surface area contributed by atoms with Crippen LogP contribution in [0.5, 0.6) is 5.75 Å². The summed E-state index contributed by atoms with van der Waals surface area (Å²) < 4.78 is 7.91. The van der Waals surface area contributed by atoms with Crippen LogP contribution in [0.1, 0.15) is 17.5 Å². The molecule has 6 atom stereocenters. The highest BCUT2D eigenvalue weighted by Gasteiger charge is 2.67. The normalized spacial score (nSPS) is 31.3. The van der Waals surface area contributed by atoms with E-state index in [9.17, 15) is 9.59 Å². The molecule has 0 aromatic heterocycles. The fourth-order valence-electron chi connectivity index (χ4n) is 5.71. The molecule has 33 heavy (non-hydrogen) atoms. The Hall–Kier alpha value is -1.46. The molecule has 2 saturated carbocycles. The van der Waals surface area contributed by atoms with Crippen LogP contribution in [0.4, 0.5) is 0 Å². The number of hydrogen-bond donors (Lipinski definition) is 0. The fraction of sp³-hybridized carbons (Fsp3) is 0.320. The van der Waals surface area contributed by atoms with Gasteiger partial charge in [-0.2, -0.15) is 10.1 Å². The molecular formula is C25H19ClI2N2O3. The van der Waals surface area contributed by atoms with Crippen LogP contribution in [0.3, 0.4) is 0 Å². The van der Waals surface area contributed by atoms with Crippen molar-refractivity contribution in [2.45, 2.75) is 13.0 Å². The lowest BCUT2D eigenvalue weighted by Crippen LogP contribution is -2.40. The standard InChI is InChI=1S/C25H19ClI2N2O3/c26-14-3-1-12(2-4-14)11-33-23-19(27)7-13(8-20(23)28)10-29-30-24(31)21-15-5-6-16(18-9-17(15)18)22(21)25(30)32/h1-8,10,15-18,21-22H,9,11H2/t15-,16-,17-,18+,21+,22+/m0/s1. The minimum absolute atomic E-state index is 0.140. The second-order valence-electron chi connectivity index (χ2n) is 9.12. The first-order valence-electron chi connectivity index (χ1n) is 10.9. The first kappa shape index (κ1) is 22.0. The van der Waals surface area contributed by atoms with E-state index in [1.807, 2.05) is 36.4 Å². The molecule has 1 heterocycles. The summed E-state index contributed by atoms with van der Waals surface area (Å²) in [7, 11) is 0. The third-order valence-corrected chi connectivity index (χ3v) is 9.13. The quantitative estimate of drug-likeness (QED) is 0.181. The van der Waals surface area contributed by atoms with Gasteiger partial charge in [-0.15, -0.1) is 0 Å². The Bertz CT molecular complexity index is 1170. The summed E-state index contributed by atoms with van der Waals surface area (Å²) in [6, 6.07) is 11.5. The van der Waals surface area contributed by atoms with Crippen LogP contribution < -0.4 is 4.74 Å². The van der Waals surface area contributed by atoms with E-state index in [2.05, 4.69) is 62.4 Å². The number of allylic oxidation sites excluding steroid dienone is 2. The van der Waals surface area contributed by atoms with E-state index in [0.29, 0.717) is 23.5 Å². The summed E-state index contributed by atoms with van der Waals surface area (Å²) in [4.78, 5) is 26.2. The molecule has 168 valence electrons. The molecule has 5 aliphatic rings. The maximum absolute atomic E-state index is 13.1. The summed E-state index contributed by atoms with van der Waals surface area (Å²) in [5.74, 6) is 1.66. The van der Waals surface area contributed by atoms with E-state index in [4.69, 9.17) is 16.3 Å². The first-order valence-corrected chi connectivity index (χ1v) is 13.4. The van der Waals surface area contributed by atoms with Gasteiger partial charge in [-0.1, -0.05) is 35.9 Å². The highest BCUT2D eigenvalue weighted by atomic mass is 127. The zero-order chi connectivity index (χ0) is 22.9. The molecule has 1 aliphatic heterocycles. The van der Waals surface area contributed by atoms with Crippen LogP contribution in [-0.4, -0.2) is 23.0 Å². The Kier molecular flexibility index (Phi) is 5.57. The third kappa shape index (κ3) is 3.74. The Morgan fingerprint density at radius 3 is 2.15 bits per heavy atom. The Labute approximate surface area is 223 Å². The topological polar surface area (TPSA) is 59.0 Å². The van der Waals surface area contributed by atoms with Crippen molar-refractivity contribution < 1.29 is 14.3 Å². The van der Waals surface area contributed by atoms with Gasteiger partial charge in [-0.25, -0.2) is 0 Å². The fourth-order valence-corrected chi connectivity index (χ4v) is 7.96. The number of carbonyl (C=O) groups is 2. The van der Waals surface area contributed by atoms with Crippen molar-refractivity contribution >= 4 is 74.8 Å². The molecule has 4 aliphatic carbocycles. The zero-order valence-corrected chi connectivity index (χ0v) is 22.4. The lowest BCUT2D eigenvalue weighted by molar-refractivity contribution is -0.140. The Morgan fingerprint density at radius 1 is 1.00 bits per heavy atom. The van der Waals surface area contributed by atoms with Crippen molar-refractivity contribution in [3.8, 4) is 5.75 Å². The van der Waals surface area contributed by atoms with Crippen molar-refractivity contribution in [2.24, 2.45) is 40.6 Å². The van der Waals surface area contributed by atoms with Crippen molar-refractivity contribution in [1.82, 2.24) is 5.01 Å². The summed E-state index contributed by atoms with van der Waals surface area (Å²) in [6.45, 7) is 0.439. The predicted octanol–water partition coefficient (Wildman–Crippen LogP) is 5.52. The van der Waals surface area contributed by atoms with Gasteiger partial charge in [-0.3, -0.25) is 9.59 Å².